The zero-order chi connectivity index (χ0) is 14.9. The van der Waals surface area contributed by atoms with E-state index in [9.17, 15) is 4.79 Å². The topological polar surface area (TPSA) is 50.5 Å². The molecule has 1 aliphatic heterocycles. The number of rotatable bonds is 2. The van der Waals surface area contributed by atoms with Crippen LogP contribution >= 0.6 is 0 Å². The summed E-state index contributed by atoms with van der Waals surface area (Å²) < 4.78 is 2.06. The van der Waals surface area contributed by atoms with Crippen molar-refractivity contribution >= 4 is 11.6 Å². The van der Waals surface area contributed by atoms with E-state index in [0.717, 1.165) is 30.7 Å². The summed E-state index contributed by atoms with van der Waals surface area (Å²) in [5.74, 6) is 0.000202. The fraction of sp³-hybridized carbons (Fsp3) is 0.235. The lowest BCUT2D eigenvalue weighted by Crippen LogP contribution is -2.32. The number of pyridine rings is 2. The minimum absolute atomic E-state index is 0.000202. The van der Waals surface area contributed by atoms with Gasteiger partial charge in [0.25, 0.3) is 5.91 Å². The monoisotopic (exact) mass is 292 g/mol. The van der Waals surface area contributed by atoms with Gasteiger partial charge < -0.3 is 9.30 Å². The van der Waals surface area contributed by atoms with Crippen molar-refractivity contribution in [3.05, 3.63) is 66.4 Å². The van der Waals surface area contributed by atoms with Gasteiger partial charge in [-0.25, -0.2) is 4.98 Å². The lowest BCUT2D eigenvalue weighted by Gasteiger charge is -2.25. The molecule has 0 spiro atoms. The van der Waals surface area contributed by atoms with Crippen LogP contribution in [-0.2, 0) is 0 Å². The van der Waals surface area contributed by atoms with Crippen LogP contribution in [0.3, 0.4) is 0 Å². The second-order valence-corrected chi connectivity index (χ2v) is 5.48. The third-order valence-electron chi connectivity index (χ3n) is 4.20. The number of imidazole rings is 1. The van der Waals surface area contributed by atoms with Gasteiger partial charge in [0.2, 0.25) is 0 Å². The van der Waals surface area contributed by atoms with Crippen LogP contribution in [0.4, 0.5) is 0 Å². The van der Waals surface area contributed by atoms with Crippen LogP contribution in [0.1, 0.15) is 35.1 Å². The van der Waals surface area contributed by atoms with Gasteiger partial charge in [0.1, 0.15) is 11.3 Å². The number of amides is 1. The third kappa shape index (κ3) is 2.06. The highest BCUT2D eigenvalue weighted by molar-refractivity contribution is 5.92. The van der Waals surface area contributed by atoms with Gasteiger partial charge >= 0.3 is 0 Å². The summed E-state index contributed by atoms with van der Waals surface area (Å²) in [6.45, 7) is 0.769. The first kappa shape index (κ1) is 13.0. The van der Waals surface area contributed by atoms with Crippen LogP contribution in [-0.4, -0.2) is 31.7 Å². The highest BCUT2D eigenvalue weighted by Gasteiger charge is 2.32. The predicted octanol–water partition coefficient (Wildman–Crippen LogP) is 2.71. The lowest BCUT2D eigenvalue weighted by molar-refractivity contribution is 0.0726. The molecule has 0 bridgehead atoms. The van der Waals surface area contributed by atoms with E-state index in [1.165, 1.54) is 0 Å². The number of hydrogen-bond acceptors (Lipinski definition) is 3. The minimum atomic E-state index is 0.000202. The molecule has 110 valence electrons. The van der Waals surface area contributed by atoms with Gasteiger partial charge in [-0.1, -0.05) is 12.1 Å². The number of carbonyl (C=O) groups is 1. The lowest BCUT2D eigenvalue weighted by atomic mass is 10.1. The van der Waals surface area contributed by atoms with E-state index in [1.807, 2.05) is 35.4 Å². The number of aromatic nitrogens is 3. The van der Waals surface area contributed by atoms with Gasteiger partial charge in [-0.15, -0.1) is 0 Å². The van der Waals surface area contributed by atoms with Crippen LogP contribution in [0.2, 0.25) is 0 Å². The summed E-state index contributed by atoms with van der Waals surface area (Å²) in [6, 6.07) is 11.6. The van der Waals surface area contributed by atoms with Crippen molar-refractivity contribution in [2.75, 3.05) is 6.54 Å². The van der Waals surface area contributed by atoms with E-state index in [1.54, 1.807) is 18.5 Å². The Bertz CT molecular complexity index is 812. The Balaban J connectivity index is 1.72. The zero-order valence-corrected chi connectivity index (χ0v) is 12.1. The van der Waals surface area contributed by atoms with E-state index in [0.29, 0.717) is 5.69 Å². The Morgan fingerprint density at radius 3 is 2.91 bits per heavy atom. The van der Waals surface area contributed by atoms with Crippen molar-refractivity contribution in [3.8, 4) is 0 Å². The van der Waals surface area contributed by atoms with Gasteiger partial charge in [0.15, 0.2) is 0 Å². The minimum Gasteiger partial charge on any atom is -0.329 e. The molecule has 22 heavy (non-hydrogen) atoms. The molecule has 3 aromatic heterocycles. The number of hydrogen-bond donors (Lipinski definition) is 0. The first-order valence-corrected chi connectivity index (χ1v) is 7.48. The fourth-order valence-corrected chi connectivity index (χ4v) is 3.19. The van der Waals surface area contributed by atoms with E-state index in [-0.39, 0.29) is 11.9 Å². The first-order chi connectivity index (χ1) is 10.8. The Kier molecular flexibility index (Phi) is 3.11. The van der Waals surface area contributed by atoms with Crippen LogP contribution in [0.5, 0.6) is 0 Å². The number of nitrogens with zero attached hydrogens (tertiary/aromatic N) is 4. The van der Waals surface area contributed by atoms with Gasteiger partial charge in [0.05, 0.1) is 6.04 Å². The van der Waals surface area contributed by atoms with Crippen molar-refractivity contribution in [2.24, 2.45) is 0 Å². The molecule has 5 nitrogen and oxygen atoms in total. The largest absolute Gasteiger partial charge is 0.329 e. The van der Waals surface area contributed by atoms with Crippen LogP contribution < -0.4 is 0 Å². The van der Waals surface area contributed by atoms with Crippen molar-refractivity contribution in [2.45, 2.75) is 18.9 Å². The van der Waals surface area contributed by atoms with Crippen molar-refractivity contribution in [1.29, 1.82) is 0 Å². The fourth-order valence-electron chi connectivity index (χ4n) is 3.19. The van der Waals surface area contributed by atoms with Crippen molar-refractivity contribution < 1.29 is 4.79 Å². The summed E-state index contributed by atoms with van der Waals surface area (Å²) in [5.41, 5.74) is 2.53. The maximum Gasteiger partial charge on any atom is 0.273 e. The number of likely N-dealkylation sites (tertiary alicyclic amines) is 1. The second kappa shape index (κ2) is 5.26. The van der Waals surface area contributed by atoms with Gasteiger partial charge in [-0.2, -0.15) is 0 Å². The average molecular weight is 292 g/mol. The van der Waals surface area contributed by atoms with Crippen LogP contribution in [0.15, 0.2) is 55.0 Å². The molecule has 5 heteroatoms. The molecule has 1 amide bonds. The van der Waals surface area contributed by atoms with Crippen LogP contribution in [0, 0.1) is 0 Å². The maximum atomic E-state index is 12.7. The average Bonchev–Trinajstić information content (AvgIpc) is 3.23. The third-order valence-corrected chi connectivity index (χ3v) is 4.20. The van der Waals surface area contributed by atoms with Gasteiger partial charge in [-0.3, -0.25) is 9.78 Å². The molecule has 4 heterocycles. The molecular weight excluding hydrogens is 276 g/mol. The van der Waals surface area contributed by atoms with E-state index in [4.69, 9.17) is 0 Å². The molecule has 1 saturated heterocycles. The summed E-state index contributed by atoms with van der Waals surface area (Å²) >= 11 is 0. The summed E-state index contributed by atoms with van der Waals surface area (Å²) in [5, 5.41) is 0. The summed E-state index contributed by atoms with van der Waals surface area (Å²) in [7, 11) is 0. The normalized spacial score (nSPS) is 18.0. The number of fused-ring (bicyclic) bond motifs is 1. The Labute approximate surface area is 128 Å². The zero-order valence-electron chi connectivity index (χ0n) is 12.1. The highest BCUT2D eigenvalue weighted by Crippen LogP contribution is 2.33. The molecule has 0 saturated carbocycles. The van der Waals surface area contributed by atoms with Gasteiger partial charge in [0, 0.05) is 30.8 Å². The summed E-state index contributed by atoms with van der Waals surface area (Å²) in [6.07, 6.45) is 7.38. The van der Waals surface area contributed by atoms with E-state index < -0.39 is 0 Å². The molecule has 0 aliphatic carbocycles. The van der Waals surface area contributed by atoms with E-state index >= 15 is 0 Å². The number of carbonyl (C=O) groups excluding carboxylic acids is 1. The molecule has 1 unspecified atom stereocenters. The van der Waals surface area contributed by atoms with Gasteiger partial charge in [-0.05, 0) is 37.1 Å². The molecule has 1 aliphatic rings. The molecular formula is C17H16N4O. The quantitative estimate of drug-likeness (QED) is 0.729. The molecule has 1 atom stereocenters. The van der Waals surface area contributed by atoms with Crippen LogP contribution in [0.25, 0.3) is 5.65 Å². The van der Waals surface area contributed by atoms with Crippen molar-refractivity contribution in [3.63, 3.8) is 0 Å². The molecule has 3 aromatic rings. The highest BCUT2D eigenvalue weighted by atomic mass is 16.2. The first-order valence-electron chi connectivity index (χ1n) is 7.48. The smallest absolute Gasteiger partial charge is 0.273 e. The maximum absolute atomic E-state index is 12.7. The van der Waals surface area contributed by atoms with E-state index in [2.05, 4.69) is 20.4 Å². The predicted molar refractivity (Wildman–Crippen MR) is 82.4 cm³/mol. The second-order valence-electron chi connectivity index (χ2n) is 5.48. The SMILES string of the molecule is O=C(c1ccccn1)N1CCCC1c1cccc2nccn12. The standard InChI is InChI=1S/C17H16N4O/c22-17(13-5-1-2-9-18-13)21-11-4-7-15(21)14-6-3-8-16-19-10-12-20(14)16/h1-3,5-6,8-10,12,15H,4,7,11H2. The molecule has 4 rings (SSSR count). The molecule has 0 radical (unpaired) electrons. The molecule has 0 N–H and O–H groups in total. The Morgan fingerprint density at radius 1 is 1.09 bits per heavy atom. The summed E-state index contributed by atoms with van der Waals surface area (Å²) in [4.78, 5) is 23.2. The molecule has 0 aromatic carbocycles. The Morgan fingerprint density at radius 2 is 2.05 bits per heavy atom. The molecule has 1 fully saturated rings. The Hall–Kier alpha value is -2.69. The van der Waals surface area contributed by atoms with Crippen molar-refractivity contribution in [1.82, 2.24) is 19.3 Å².